The molecule has 0 saturated heterocycles. The van der Waals surface area contributed by atoms with Gasteiger partial charge in [0.15, 0.2) is 0 Å². The summed E-state index contributed by atoms with van der Waals surface area (Å²) in [7, 11) is 1.55. The Hall–Kier alpha value is -1.32. The third-order valence-electron chi connectivity index (χ3n) is 0.875. The van der Waals surface area contributed by atoms with Crippen molar-refractivity contribution in [1.29, 1.82) is 0 Å². The molecule has 3 amide bonds. The highest BCUT2D eigenvalue weighted by molar-refractivity contribution is 5.84. The summed E-state index contributed by atoms with van der Waals surface area (Å²) in [5.41, 5.74) is 0. The van der Waals surface area contributed by atoms with Crippen molar-refractivity contribution in [3.63, 3.8) is 0 Å². The van der Waals surface area contributed by atoms with E-state index >= 15 is 0 Å². The van der Waals surface area contributed by atoms with Gasteiger partial charge in [-0.05, 0) is 6.92 Å². The molecule has 0 aromatic rings. The molecule has 4 heteroatoms. The van der Waals surface area contributed by atoms with E-state index in [-0.39, 0.29) is 0 Å². The lowest BCUT2D eigenvalue weighted by atomic mass is 10.6. The van der Waals surface area contributed by atoms with E-state index in [1.165, 1.54) is 4.90 Å². The summed E-state index contributed by atoms with van der Waals surface area (Å²) >= 11 is 0. The largest absolute Gasteiger partial charge is 0.327 e. The molecule has 0 spiro atoms. The molecule has 0 aromatic heterocycles. The first kappa shape index (κ1) is 8.68. The van der Waals surface area contributed by atoms with Crippen molar-refractivity contribution in [3.8, 4) is 0 Å². The van der Waals surface area contributed by atoms with Crippen LogP contribution in [0.25, 0.3) is 0 Å². The molecule has 0 saturated carbocycles. The Kier molecular flexibility index (Phi) is 3.95. The van der Waals surface area contributed by atoms with E-state index in [2.05, 4.69) is 0 Å². The molecular weight excluding hydrogens is 132 g/mol. The highest BCUT2D eigenvalue weighted by atomic mass is 16.2. The number of hydrogen-bond donors (Lipinski definition) is 1. The molecule has 4 nitrogen and oxygen atoms in total. The Balaban J connectivity index is 3.81. The van der Waals surface area contributed by atoms with Crippen molar-refractivity contribution in [2.45, 2.75) is 6.92 Å². The van der Waals surface area contributed by atoms with Gasteiger partial charge in [-0.25, -0.2) is 4.79 Å². The minimum absolute atomic E-state index is 0.350. The molecule has 0 unspecified atom stereocenters. The Morgan fingerprint density at radius 3 is 2.60 bits per heavy atom. The highest BCUT2D eigenvalue weighted by Gasteiger charge is 2.00. The van der Waals surface area contributed by atoms with Crippen molar-refractivity contribution in [3.05, 3.63) is 12.3 Å². The maximum atomic E-state index is 10.7. The predicted octanol–water partition coefficient (Wildman–Crippen LogP) is 0.318. The number of nitrogens with one attached hydrogen (secondary N) is 1. The lowest BCUT2D eigenvalue weighted by Gasteiger charge is -2.08. The number of imide groups is 1. The number of rotatable bonds is 2. The van der Waals surface area contributed by atoms with Crippen LogP contribution in [0.3, 0.4) is 0 Å². The Morgan fingerprint density at radius 1 is 1.60 bits per heavy atom. The van der Waals surface area contributed by atoms with E-state index in [1.807, 2.05) is 5.32 Å². The summed E-state index contributed by atoms with van der Waals surface area (Å²) in [4.78, 5) is 21.7. The fraction of sp³-hybridized carbons (Fsp3) is 0.333. The molecule has 0 radical (unpaired) electrons. The quantitative estimate of drug-likeness (QED) is 0.564. The molecule has 0 aliphatic heterocycles. The highest BCUT2D eigenvalue weighted by Crippen LogP contribution is 1.83. The summed E-state index contributed by atoms with van der Waals surface area (Å²) in [6.07, 6.45) is 3.60. The fourth-order valence-corrected chi connectivity index (χ4v) is 0.444. The van der Waals surface area contributed by atoms with Gasteiger partial charge in [-0.3, -0.25) is 10.1 Å². The molecule has 0 aliphatic rings. The van der Waals surface area contributed by atoms with E-state index in [9.17, 15) is 9.59 Å². The number of urea groups is 1. The molecule has 0 aliphatic carbocycles. The average molecular weight is 142 g/mol. The second kappa shape index (κ2) is 4.55. The van der Waals surface area contributed by atoms with Crippen LogP contribution in [0.2, 0.25) is 0 Å². The number of carbonyl (C=O) groups is 2. The van der Waals surface area contributed by atoms with Crippen LogP contribution >= 0.6 is 0 Å². The maximum absolute atomic E-state index is 10.7. The fourth-order valence-electron chi connectivity index (χ4n) is 0.444. The first-order valence-corrected chi connectivity index (χ1v) is 2.82. The van der Waals surface area contributed by atoms with Crippen LogP contribution in [0.4, 0.5) is 4.79 Å². The standard InChI is InChI=1S/C6H10N2O2/c1-3-4-8(2)6(10)7-5-9/h3-5H,1-2H3,(H,7,9,10)/b4-3-. The summed E-state index contributed by atoms with van der Waals surface area (Å²) in [5, 5.41) is 1.99. The van der Waals surface area contributed by atoms with Crippen LogP contribution in [0.1, 0.15) is 6.92 Å². The SMILES string of the molecule is C/C=C\N(C)C(=O)NC=O. The van der Waals surface area contributed by atoms with Gasteiger partial charge in [-0.15, -0.1) is 0 Å². The van der Waals surface area contributed by atoms with Crippen molar-refractivity contribution in [2.24, 2.45) is 0 Å². The average Bonchev–Trinajstić information content (AvgIpc) is 1.89. The smallest absolute Gasteiger partial charge is 0.304 e. The lowest BCUT2D eigenvalue weighted by molar-refractivity contribution is -0.108. The molecule has 0 heterocycles. The van der Waals surface area contributed by atoms with Crippen LogP contribution in [0.5, 0.6) is 0 Å². The van der Waals surface area contributed by atoms with Crippen LogP contribution in [0, 0.1) is 0 Å². The van der Waals surface area contributed by atoms with Gasteiger partial charge in [0.2, 0.25) is 6.41 Å². The minimum atomic E-state index is -0.437. The lowest BCUT2D eigenvalue weighted by Crippen LogP contribution is -2.32. The van der Waals surface area contributed by atoms with Gasteiger partial charge < -0.3 is 4.90 Å². The Labute approximate surface area is 59.5 Å². The van der Waals surface area contributed by atoms with Gasteiger partial charge in [0.05, 0.1) is 0 Å². The van der Waals surface area contributed by atoms with Crippen molar-refractivity contribution in [2.75, 3.05) is 7.05 Å². The zero-order chi connectivity index (χ0) is 7.98. The van der Waals surface area contributed by atoms with Crippen molar-refractivity contribution >= 4 is 12.4 Å². The molecule has 0 rings (SSSR count). The normalized spacial score (nSPS) is 9.40. The molecule has 0 bridgehead atoms. The molecule has 0 atom stereocenters. The van der Waals surface area contributed by atoms with Crippen LogP contribution in [-0.2, 0) is 4.79 Å². The van der Waals surface area contributed by atoms with Gasteiger partial charge in [0.1, 0.15) is 0 Å². The zero-order valence-corrected chi connectivity index (χ0v) is 6.00. The zero-order valence-electron chi connectivity index (χ0n) is 6.00. The molecule has 56 valence electrons. The number of nitrogens with zero attached hydrogens (tertiary/aromatic N) is 1. The van der Waals surface area contributed by atoms with E-state index < -0.39 is 6.03 Å². The second-order valence-electron chi connectivity index (χ2n) is 1.66. The van der Waals surface area contributed by atoms with Gasteiger partial charge >= 0.3 is 6.03 Å². The van der Waals surface area contributed by atoms with Gasteiger partial charge in [0, 0.05) is 13.2 Å². The second-order valence-corrected chi connectivity index (χ2v) is 1.66. The van der Waals surface area contributed by atoms with Crippen molar-refractivity contribution < 1.29 is 9.59 Å². The summed E-state index contributed by atoms with van der Waals surface area (Å²) in [6.45, 7) is 1.78. The maximum Gasteiger partial charge on any atom is 0.327 e. The summed E-state index contributed by atoms with van der Waals surface area (Å²) < 4.78 is 0. The number of carbonyl (C=O) groups excluding carboxylic acids is 2. The van der Waals surface area contributed by atoms with E-state index in [0.29, 0.717) is 6.41 Å². The minimum Gasteiger partial charge on any atom is -0.304 e. The topological polar surface area (TPSA) is 49.4 Å². The predicted molar refractivity (Wildman–Crippen MR) is 37.2 cm³/mol. The molecule has 10 heavy (non-hydrogen) atoms. The van der Waals surface area contributed by atoms with Gasteiger partial charge in [-0.2, -0.15) is 0 Å². The molecular formula is C6H10N2O2. The van der Waals surface area contributed by atoms with Crippen LogP contribution < -0.4 is 5.32 Å². The van der Waals surface area contributed by atoms with E-state index in [4.69, 9.17) is 0 Å². The number of allylic oxidation sites excluding steroid dienone is 1. The molecule has 0 fully saturated rings. The third kappa shape index (κ3) is 2.86. The molecule has 1 N–H and O–H groups in total. The summed E-state index contributed by atoms with van der Waals surface area (Å²) in [5.74, 6) is 0. The van der Waals surface area contributed by atoms with Gasteiger partial charge in [0.25, 0.3) is 0 Å². The van der Waals surface area contributed by atoms with Gasteiger partial charge in [-0.1, -0.05) is 6.08 Å². The summed E-state index contributed by atoms with van der Waals surface area (Å²) in [6, 6.07) is -0.437. The molecule has 0 aromatic carbocycles. The van der Waals surface area contributed by atoms with Crippen LogP contribution in [0.15, 0.2) is 12.3 Å². The first-order valence-electron chi connectivity index (χ1n) is 2.82. The number of amides is 3. The number of hydrogen-bond acceptors (Lipinski definition) is 2. The monoisotopic (exact) mass is 142 g/mol. The third-order valence-corrected chi connectivity index (χ3v) is 0.875. The van der Waals surface area contributed by atoms with Crippen molar-refractivity contribution in [1.82, 2.24) is 10.2 Å². The van der Waals surface area contributed by atoms with E-state index in [0.717, 1.165) is 0 Å². The van der Waals surface area contributed by atoms with E-state index in [1.54, 1.807) is 26.2 Å². The Bertz CT molecular complexity index is 154. The Morgan fingerprint density at radius 2 is 2.20 bits per heavy atom. The first-order chi connectivity index (χ1) is 4.72. The van der Waals surface area contributed by atoms with Crippen LogP contribution in [-0.4, -0.2) is 24.4 Å².